The van der Waals surface area contributed by atoms with Gasteiger partial charge in [-0.3, -0.25) is 14.4 Å². The number of hydroxylamine groups is 2. The van der Waals surface area contributed by atoms with Crippen LogP contribution in [0.2, 0.25) is 0 Å². The molecule has 2 rings (SSSR count). The Balaban J connectivity index is 1.68. The summed E-state index contributed by atoms with van der Waals surface area (Å²) in [5, 5.41) is 0.552. The molecule has 0 saturated carbocycles. The van der Waals surface area contributed by atoms with Crippen LogP contribution in [0.4, 0.5) is 0 Å². The third-order valence-corrected chi connectivity index (χ3v) is 4.58. The van der Waals surface area contributed by atoms with Crippen LogP contribution < -0.4 is 0 Å². The lowest BCUT2D eigenvalue weighted by atomic mass is 10.3. The van der Waals surface area contributed by atoms with Crippen molar-refractivity contribution >= 4 is 35.5 Å². The predicted molar refractivity (Wildman–Crippen MR) is 74.9 cm³/mol. The molecule has 2 fully saturated rings. The number of likely N-dealkylation sites (tertiary alicyclic amines) is 1. The van der Waals surface area contributed by atoms with Gasteiger partial charge in [0.25, 0.3) is 11.8 Å². The fraction of sp³-hybridized carbons (Fsp3) is 0.692. The van der Waals surface area contributed by atoms with Crippen LogP contribution in [0, 0.1) is 0 Å². The number of hydrogen-bond acceptors (Lipinski definition) is 6. The lowest BCUT2D eigenvalue weighted by Crippen LogP contribution is -2.36. The van der Waals surface area contributed by atoms with Gasteiger partial charge in [0.2, 0.25) is 5.91 Å². The predicted octanol–water partition coefficient (Wildman–Crippen LogP) is 0.338. The zero-order chi connectivity index (χ0) is 15.4. The van der Waals surface area contributed by atoms with E-state index in [-0.39, 0.29) is 30.5 Å². The zero-order valence-corrected chi connectivity index (χ0v) is 12.7. The molecule has 0 N–H and O–H groups in total. The second-order valence-corrected chi connectivity index (χ2v) is 6.13. The van der Waals surface area contributed by atoms with Crippen molar-refractivity contribution in [3.05, 3.63) is 0 Å². The Morgan fingerprint density at radius 1 is 1.19 bits per heavy atom. The third kappa shape index (κ3) is 3.96. The van der Waals surface area contributed by atoms with E-state index in [1.54, 1.807) is 0 Å². The lowest BCUT2D eigenvalue weighted by molar-refractivity contribution is -0.195. The second-order valence-electron chi connectivity index (χ2n) is 5.10. The molecule has 0 bridgehead atoms. The van der Waals surface area contributed by atoms with Gasteiger partial charge in [-0.1, -0.05) is 0 Å². The first-order valence-corrected chi connectivity index (χ1v) is 8.08. The van der Waals surface area contributed by atoms with E-state index in [1.165, 1.54) is 11.8 Å². The van der Waals surface area contributed by atoms with Crippen LogP contribution in [0.5, 0.6) is 0 Å². The Bertz CT molecular complexity index is 451. The Hall–Kier alpha value is -1.57. The van der Waals surface area contributed by atoms with Gasteiger partial charge in [0.05, 0.1) is 5.75 Å². The smallest absolute Gasteiger partial charge is 0.339 e. The molecule has 1 unspecified atom stereocenters. The first-order valence-electron chi connectivity index (χ1n) is 6.93. The van der Waals surface area contributed by atoms with Gasteiger partial charge in [-0.2, -0.15) is 0 Å². The monoisotopic (exact) mass is 314 g/mol. The normalized spacial score (nSPS) is 20.3. The van der Waals surface area contributed by atoms with E-state index < -0.39 is 17.8 Å². The Kier molecular flexibility index (Phi) is 5.22. The average Bonchev–Trinajstić information content (AvgIpc) is 2.99. The molecule has 7 nitrogen and oxygen atoms in total. The quantitative estimate of drug-likeness (QED) is 0.657. The van der Waals surface area contributed by atoms with E-state index in [0.717, 1.165) is 13.0 Å². The lowest BCUT2D eigenvalue weighted by Gasteiger charge is -2.23. The van der Waals surface area contributed by atoms with Crippen molar-refractivity contribution in [2.75, 3.05) is 18.1 Å². The number of nitrogens with zero attached hydrogens (tertiary/aromatic N) is 2. The standard InChI is InChI=1S/C13H18N2O5S/c1-9(14-6-2-3-10(14)16)7-21-8-13(19)20-15-11(17)4-5-12(15)18/h9H,2-8H2,1H3. The Morgan fingerprint density at radius 2 is 1.86 bits per heavy atom. The Labute approximate surface area is 126 Å². The molecular weight excluding hydrogens is 296 g/mol. The van der Waals surface area contributed by atoms with Crippen molar-refractivity contribution in [2.24, 2.45) is 0 Å². The first kappa shape index (κ1) is 15.8. The van der Waals surface area contributed by atoms with Crippen molar-refractivity contribution in [1.82, 2.24) is 9.96 Å². The molecule has 116 valence electrons. The van der Waals surface area contributed by atoms with Crippen LogP contribution in [0.1, 0.15) is 32.6 Å². The molecule has 0 aliphatic carbocycles. The van der Waals surface area contributed by atoms with E-state index >= 15 is 0 Å². The van der Waals surface area contributed by atoms with E-state index in [4.69, 9.17) is 4.84 Å². The SMILES string of the molecule is CC(CSCC(=O)ON1C(=O)CCC1=O)N1CCCC1=O. The van der Waals surface area contributed by atoms with Crippen molar-refractivity contribution < 1.29 is 24.0 Å². The van der Waals surface area contributed by atoms with E-state index in [0.29, 0.717) is 17.2 Å². The molecule has 0 aromatic carbocycles. The second kappa shape index (κ2) is 6.93. The maximum absolute atomic E-state index is 11.6. The number of imide groups is 1. The van der Waals surface area contributed by atoms with Gasteiger partial charge in [0.1, 0.15) is 0 Å². The summed E-state index contributed by atoms with van der Waals surface area (Å²) in [5.41, 5.74) is 0. The fourth-order valence-electron chi connectivity index (χ4n) is 2.32. The molecule has 2 saturated heterocycles. The number of rotatable bonds is 6. The van der Waals surface area contributed by atoms with Gasteiger partial charge in [0, 0.05) is 37.6 Å². The fourth-order valence-corrected chi connectivity index (χ4v) is 3.18. The highest BCUT2D eigenvalue weighted by Crippen LogP contribution is 2.17. The average molecular weight is 314 g/mol. The molecule has 1 atom stereocenters. The summed E-state index contributed by atoms with van der Waals surface area (Å²) in [5.74, 6) is -0.766. The highest BCUT2D eigenvalue weighted by Gasteiger charge is 2.32. The third-order valence-electron chi connectivity index (χ3n) is 3.42. The maximum atomic E-state index is 11.6. The molecule has 2 heterocycles. The molecule has 8 heteroatoms. The van der Waals surface area contributed by atoms with Crippen LogP contribution in [0.15, 0.2) is 0 Å². The minimum absolute atomic E-state index is 0.0451. The van der Waals surface area contributed by atoms with Gasteiger partial charge in [-0.05, 0) is 13.3 Å². The molecule has 2 aliphatic heterocycles. The van der Waals surface area contributed by atoms with Crippen LogP contribution in [0.3, 0.4) is 0 Å². The minimum Gasteiger partial charge on any atom is -0.339 e. The zero-order valence-electron chi connectivity index (χ0n) is 11.9. The topological polar surface area (TPSA) is 84.0 Å². The number of hydrogen-bond donors (Lipinski definition) is 0. The summed E-state index contributed by atoms with van der Waals surface area (Å²) < 4.78 is 0. The molecule has 3 amide bonds. The maximum Gasteiger partial charge on any atom is 0.342 e. The van der Waals surface area contributed by atoms with Gasteiger partial charge in [-0.15, -0.1) is 16.8 Å². The number of thioether (sulfide) groups is 1. The summed E-state index contributed by atoms with van der Waals surface area (Å²) in [6.45, 7) is 2.71. The minimum atomic E-state index is -0.622. The van der Waals surface area contributed by atoms with Crippen molar-refractivity contribution in [3.8, 4) is 0 Å². The van der Waals surface area contributed by atoms with Crippen molar-refractivity contribution in [1.29, 1.82) is 0 Å². The summed E-state index contributed by atoms with van der Waals surface area (Å²) in [6, 6.07) is 0.0628. The van der Waals surface area contributed by atoms with Crippen LogP contribution in [-0.4, -0.2) is 57.7 Å². The van der Waals surface area contributed by atoms with Gasteiger partial charge in [0.15, 0.2) is 0 Å². The number of carbonyl (C=O) groups is 4. The first-order chi connectivity index (χ1) is 9.99. The number of carbonyl (C=O) groups excluding carboxylic acids is 4. The van der Waals surface area contributed by atoms with Crippen LogP contribution >= 0.6 is 11.8 Å². The summed E-state index contributed by atoms with van der Waals surface area (Å²) in [6.07, 6.45) is 1.66. The Morgan fingerprint density at radius 3 is 2.43 bits per heavy atom. The molecule has 0 aromatic heterocycles. The van der Waals surface area contributed by atoms with Crippen LogP contribution in [0.25, 0.3) is 0 Å². The van der Waals surface area contributed by atoms with Gasteiger partial charge < -0.3 is 9.74 Å². The van der Waals surface area contributed by atoms with Crippen molar-refractivity contribution in [3.63, 3.8) is 0 Å². The highest BCUT2D eigenvalue weighted by molar-refractivity contribution is 7.99. The number of amides is 3. The summed E-state index contributed by atoms with van der Waals surface area (Å²) in [4.78, 5) is 52.3. The van der Waals surface area contributed by atoms with Gasteiger partial charge >= 0.3 is 5.97 Å². The van der Waals surface area contributed by atoms with E-state index in [2.05, 4.69) is 0 Å². The molecule has 0 aromatic rings. The molecule has 21 heavy (non-hydrogen) atoms. The highest BCUT2D eigenvalue weighted by atomic mass is 32.2. The molecule has 0 spiro atoms. The molecule has 0 radical (unpaired) electrons. The summed E-state index contributed by atoms with van der Waals surface area (Å²) in [7, 11) is 0. The largest absolute Gasteiger partial charge is 0.342 e. The van der Waals surface area contributed by atoms with Gasteiger partial charge in [-0.25, -0.2) is 4.79 Å². The molecule has 2 aliphatic rings. The van der Waals surface area contributed by atoms with Crippen molar-refractivity contribution in [2.45, 2.75) is 38.6 Å². The molecular formula is C13H18N2O5S. The summed E-state index contributed by atoms with van der Waals surface area (Å²) >= 11 is 1.33. The van der Waals surface area contributed by atoms with Crippen LogP contribution in [-0.2, 0) is 24.0 Å². The van der Waals surface area contributed by atoms with E-state index in [1.807, 2.05) is 11.8 Å². The van der Waals surface area contributed by atoms with E-state index in [9.17, 15) is 19.2 Å².